The van der Waals surface area contributed by atoms with Gasteiger partial charge in [-0.15, -0.1) is 0 Å². The minimum absolute atomic E-state index is 0.0681. The van der Waals surface area contributed by atoms with Crippen molar-refractivity contribution in [3.05, 3.63) is 26.7 Å². The SMILES string of the molecule is CCCNC1c2c(Cl)c(Cl)cc(Cl)c2OC1CCC. The minimum Gasteiger partial charge on any atom is -0.486 e. The highest BCUT2D eigenvalue weighted by molar-refractivity contribution is 6.44. The molecule has 0 aromatic heterocycles. The number of halogens is 3. The molecule has 2 rings (SSSR count). The Morgan fingerprint density at radius 1 is 1.16 bits per heavy atom. The first-order chi connectivity index (χ1) is 9.10. The largest absolute Gasteiger partial charge is 0.486 e. The molecule has 0 spiro atoms. The molecule has 1 N–H and O–H groups in total. The summed E-state index contributed by atoms with van der Waals surface area (Å²) >= 11 is 18.7. The number of hydrogen-bond acceptors (Lipinski definition) is 2. The summed E-state index contributed by atoms with van der Waals surface area (Å²) < 4.78 is 5.99. The summed E-state index contributed by atoms with van der Waals surface area (Å²) in [6, 6.07) is 1.72. The van der Waals surface area contributed by atoms with Crippen molar-refractivity contribution in [2.24, 2.45) is 0 Å². The van der Waals surface area contributed by atoms with E-state index in [1.54, 1.807) is 6.07 Å². The van der Waals surface area contributed by atoms with Crippen LogP contribution in [0.25, 0.3) is 0 Å². The predicted molar refractivity (Wildman–Crippen MR) is 81.8 cm³/mol. The molecule has 2 nitrogen and oxygen atoms in total. The third-order valence-corrected chi connectivity index (χ3v) is 4.38. The maximum absolute atomic E-state index is 6.34. The van der Waals surface area contributed by atoms with E-state index >= 15 is 0 Å². The van der Waals surface area contributed by atoms with E-state index in [1.807, 2.05) is 0 Å². The summed E-state index contributed by atoms with van der Waals surface area (Å²) in [7, 11) is 0. The summed E-state index contributed by atoms with van der Waals surface area (Å²) in [4.78, 5) is 0. The number of ether oxygens (including phenoxy) is 1. The van der Waals surface area contributed by atoms with Gasteiger partial charge in [0.15, 0.2) is 0 Å². The smallest absolute Gasteiger partial charge is 0.144 e. The first-order valence-electron chi connectivity index (χ1n) is 6.67. The van der Waals surface area contributed by atoms with E-state index in [1.165, 1.54) is 0 Å². The Hall–Kier alpha value is -0.150. The van der Waals surface area contributed by atoms with Crippen molar-refractivity contribution in [1.29, 1.82) is 0 Å². The van der Waals surface area contributed by atoms with Crippen LogP contribution in [0.15, 0.2) is 6.07 Å². The van der Waals surface area contributed by atoms with Crippen LogP contribution in [0, 0.1) is 0 Å². The van der Waals surface area contributed by atoms with Crippen molar-refractivity contribution in [3.8, 4) is 5.75 Å². The molecular formula is C14H18Cl3NO. The number of nitrogens with one attached hydrogen (secondary N) is 1. The van der Waals surface area contributed by atoms with Crippen LogP contribution >= 0.6 is 34.8 Å². The van der Waals surface area contributed by atoms with E-state index in [-0.39, 0.29) is 12.1 Å². The van der Waals surface area contributed by atoms with Gasteiger partial charge in [-0.1, -0.05) is 55.1 Å². The molecule has 0 saturated carbocycles. The van der Waals surface area contributed by atoms with Gasteiger partial charge in [0, 0.05) is 5.56 Å². The van der Waals surface area contributed by atoms with E-state index in [0.29, 0.717) is 20.8 Å². The van der Waals surface area contributed by atoms with E-state index in [4.69, 9.17) is 39.5 Å². The van der Waals surface area contributed by atoms with Crippen LogP contribution in [0.2, 0.25) is 15.1 Å². The average Bonchev–Trinajstić information content (AvgIpc) is 2.73. The van der Waals surface area contributed by atoms with E-state index in [0.717, 1.165) is 31.4 Å². The molecule has 5 heteroatoms. The molecule has 0 saturated heterocycles. The minimum atomic E-state index is 0.0681. The lowest BCUT2D eigenvalue weighted by atomic mass is 10.0. The molecule has 0 radical (unpaired) electrons. The maximum Gasteiger partial charge on any atom is 0.144 e. The van der Waals surface area contributed by atoms with Gasteiger partial charge in [0.05, 0.1) is 21.1 Å². The molecule has 1 aliphatic rings. The highest BCUT2D eigenvalue weighted by Crippen LogP contribution is 2.49. The van der Waals surface area contributed by atoms with Crippen molar-refractivity contribution in [2.45, 2.75) is 45.3 Å². The molecular weight excluding hydrogens is 305 g/mol. The third-order valence-electron chi connectivity index (χ3n) is 3.30. The lowest BCUT2D eigenvalue weighted by Gasteiger charge is -2.20. The molecule has 19 heavy (non-hydrogen) atoms. The van der Waals surface area contributed by atoms with Gasteiger partial charge < -0.3 is 10.1 Å². The van der Waals surface area contributed by atoms with Crippen molar-refractivity contribution in [2.75, 3.05) is 6.54 Å². The lowest BCUT2D eigenvalue weighted by Crippen LogP contribution is -2.31. The Bertz CT molecular complexity index is 464. The molecule has 0 bridgehead atoms. The zero-order chi connectivity index (χ0) is 14.0. The number of fused-ring (bicyclic) bond motifs is 1. The van der Waals surface area contributed by atoms with Gasteiger partial charge in [0.2, 0.25) is 0 Å². The molecule has 0 fully saturated rings. The number of hydrogen-bond donors (Lipinski definition) is 1. The van der Waals surface area contributed by atoms with Crippen LogP contribution in [-0.4, -0.2) is 12.6 Å². The second-order valence-corrected chi connectivity index (χ2v) is 5.97. The molecule has 0 aliphatic carbocycles. The first kappa shape index (κ1) is 15.2. The number of rotatable bonds is 5. The van der Waals surface area contributed by atoms with Gasteiger partial charge in [0.1, 0.15) is 11.9 Å². The standard InChI is InChI=1S/C14H18Cl3NO/c1-3-5-10-13(18-6-4-2)11-12(17)8(15)7-9(16)14(11)19-10/h7,10,13,18H,3-6H2,1-2H3. The molecule has 1 aromatic carbocycles. The average molecular weight is 323 g/mol. The van der Waals surface area contributed by atoms with Gasteiger partial charge in [-0.2, -0.15) is 0 Å². The van der Waals surface area contributed by atoms with Crippen molar-refractivity contribution >= 4 is 34.8 Å². The summed E-state index contributed by atoms with van der Waals surface area (Å²) in [6.07, 6.45) is 3.13. The predicted octanol–water partition coefficient (Wildman–Crippen LogP) is 5.25. The fraction of sp³-hybridized carbons (Fsp3) is 0.571. The number of benzene rings is 1. The van der Waals surface area contributed by atoms with Crippen LogP contribution in [0.1, 0.15) is 44.7 Å². The third kappa shape index (κ3) is 2.97. The monoisotopic (exact) mass is 321 g/mol. The Morgan fingerprint density at radius 2 is 1.89 bits per heavy atom. The molecule has 106 valence electrons. The summed E-state index contributed by atoms with van der Waals surface area (Å²) in [6.45, 7) is 5.18. The van der Waals surface area contributed by atoms with Gasteiger partial charge in [-0.3, -0.25) is 0 Å². The fourth-order valence-corrected chi connectivity index (χ4v) is 3.22. The zero-order valence-corrected chi connectivity index (χ0v) is 13.4. The van der Waals surface area contributed by atoms with Crippen LogP contribution in [0.5, 0.6) is 5.75 Å². The lowest BCUT2D eigenvalue weighted by molar-refractivity contribution is 0.178. The Balaban J connectivity index is 2.40. The second kappa shape index (κ2) is 6.53. The first-order valence-corrected chi connectivity index (χ1v) is 7.80. The summed E-state index contributed by atoms with van der Waals surface area (Å²) in [5, 5.41) is 5.05. The normalized spacial score (nSPS) is 21.3. The van der Waals surface area contributed by atoms with Crippen molar-refractivity contribution in [3.63, 3.8) is 0 Å². The van der Waals surface area contributed by atoms with E-state index < -0.39 is 0 Å². The quantitative estimate of drug-likeness (QED) is 0.748. The van der Waals surface area contributed by atoms with Crippen LogP contribution in [0.3, 0.4) is 0 Å². The van der Waals surface area contributed by atoms with Gasteiger partial charge in [-0.05, 0) is 25.5 Å². The fourth-order valence-electron chi connectivity index (χ4n) is 2.44. The summed E-state index contributed by atoms with van der Waals surface area (Å²) in [5.41, 5.74) is 0.908. The van der Waals surface area contributed by atoms with Crippen LogP contribution in [-0.2, 0) is 0 Å². The van der Waals surface area contributed by atoms with Crippen LogP contribution < -0.4 is 10.1 Å². The topological polar surface area (TPSA) is 21.3 Å². The van der Waals surface area contributed by atoms with Crippen molar-refractivity contribution in [1.82, 2.24) is 5.32 Å². The second-order valence-electron chi connectivity index (χ2n) is 4.77. The molecule has 1 aliphatic heterocycles. The van der Waals surface area contributed by atoms with Gasteiger partial charge in [0.25, 0.3) is 0 Å². The Kier molecular flexibility index (Phi) is 5.24. The van der Waals surface area contributed by atoms with Crippen molar-refractivity contribution < 1.29 is 4.74 Å². The molecule has 2 unspecified atom stereocenters. The van der Waals surface area contributed by atoms with Crippen LogP contribution in [0.4, 0.5) is 0 Å². The molecule has 1 heterocycles. The van der Waals surface area contributed by atoms with Gasteiger partial charge in [-0.25, -0.2) is 0 Å². The molecule has 0 amide bonds. The zero-order valence-electron chi connectivity index (χ0n) is 11.1. The highest BCUT2D eigenvalue weighted by Gasteiger charge is 2.37. The Labute approximate surface area is 129 Å². The highest BCUT2D eigenvalue weighted by atomic mass is 35.5. The maximum atomic E-state index is 6.34. The molecule has 1 aromatic rings. The molecule has 2 atom stereocenters. The van der Waals surface area contributed by atoms with E-state index in [2.05, 4.69) is 19.2 Å². The Morgan fingerprint density at radius 3 is 2.53 bits per heavy atom. The summed E-state index contributed by atoms with van der Waals surface area (Å²) in [5.74, 6) is 0.683. The van der Waals surface area contributed by atoms with E-state index in [9.17, 15) is 0 Å². The van der Waals surface area contributed by atoms with Gasteiger partial charge >= 0.3 is 0 Å².